The largest absolute Gasteiger partial charge is 0.481 e. The lowest BCUT2D eigenvalue weighted by molar-refractivity contribution is -0.142. The number of aliphatic carboxylic acids is 1. The minimum Gasteiger partial charge on any atom is -0.481 e. The summed E-state index contributed by atoms with van der Waals surface area (Å²) in [5, 5.41) is 8.93. The molecule has 1 heterocycles. The van der Waals surface area contributed by atoms with Gasteiger partial charge >= 0.3 is 5.97 Å². The molecule has 1 saturated heterocycles. The Morgan fingerprint density at radius 2 is 1.68 bits per heavy atom. The number of rotatable bonds is 5. The highest BCUT2D eigenvalue weighted by Crippen LogP contribution is 2.44. The number of likely N-dealkylation sites (tertiary alicyclic amines) is 1. The first kappa shape index (κ1) is 15.8. The minimum atomic E-state index is -3.40. The number of hydrogen-bond donors (Lipinski definition) is 1. The van der Waals surface area contributed by atoms with Crippen LogP contribution in [-0.4, -0.2) is 54.4 Å². The highest BCUT2D eigenvalue weighted by atomic mass is 32.2. The first-order chi connectivity index (χ1) is 10.4. The molecular formula is C15H23NO5S. The van der Waals surface area contributed by atoms with Crippen molar-refractivity contribution in [2.75, 3.05) is 18.8 Å². The lowest BCUT2D eigenvalue weighted by Gasteiger charge is -2.18. The van der Waals surface area contributed by atoms with E-state index in [0.29, 0.717) is 25.3 Å². The van der Waals surface area contributed by atoms with E-state index in [0.717, 1.165) is 25.7 Å². The van der Waals surface area contributed by atoms with E-state index < -0.39 is 33.4 Å². The molecule has 1 N–H and O–H groups in total. The second-order valence-electron chi connectivity index (χ2n) is 6.96. The van der Waals surface area contributed by atoms with Crippen LogP contribution in [-0.2, 0) is 19.4 Å². The molecule has 0 radical (unpaired) electrons. The van der Waals surface area contributed by atoms with Gasteiger partial charge in [-0.1, -0.05) is 12.8 Å². The maximum absolute atomic E-state index is 12.3. The third kappa shape index (κ3) is 3.14. The number of carbonyl (C=O) groups is 2. The van der Waals surface area contributed by atoms with E-state index in [4.69, 9.17) is 0 Å². The van der Waals surface area contributed by atoms with Crippen molar-refractivity contribution in [3.05, 3.63) is 0 Å². The maximum atomic E-state index is 12.3. The number of nitrogens with zero attached hydrogens (tertiary/aromatic N) is 1. The zero-order chi connectivity index (χ0) is 15.9. The molecule has 2 atom stereocenters. The molecular weight excluding hydrogens is 306 g/mol. The average molecular weight is 329 g/mol. The van der Waals surface area contributed by atoms with Gasteiger partial charge < -0.3 is 10.0 Å². The standard InChI is InChI=1S/C15H23NO5S/c17-14(9-22(20,21)11-3-1-2-4-11)16-7-12(10-5-6-10)13(8-16)15(18)19/h10-13H,1-9H2,(H,18,19)/t12-,13+/m1/s1. The van der Waals surface area contributed by atoms with Gasteiger partial charge in [-0.05, 0) is 37.5 Å². The lowest BCUT2D eigenvalue weighted by Crippen LogP contribution is -2.37. The van der Waals surface area contributed by atoms with Gasteiger partial charge in [-0.25, -0.2) is 8.42 Å². The monoisotopic (exact) mass is 329 g/mol. The van der Waals surface area contributed by atoms with Crippen LogP contribution in [0.25, 0.3) is 0 Å². The Balaban J connectivity index is 1.64. The van der Waals surface area contributed by atoms with E-state index in [1.165, 1.54) is 4.90 Å². The zero-order valence-electron chi connectivity index (χ0n) is 12.6. The first-order valence-electron chi connectivity index (χ1n) is 8.10. The summed E-state index contributed by atoms with van der Waals surface area (Å²) in [5.41, 5.74) is 0. The molecule has 3 aliphatic rings. The quantitative estimate of drug-likeness (QED) is 0.809. The fourth-order valence-electron chi connectivity index (χ4n) is 3.92. The summed E-state index contributed by atoms with van der Waals surface area (Å²) in [4.78, 5) is 25.1. The van der Waals surface area contributed by atoms with Crippen LogP contribution >= 0.6 is 0 Å². The van der Waals surface area contributed by atoms with E-state index in [1.54, 1.807) is 0 Å². The van der Waals surface area contributed by atoms with Crippen LogP contribution in [0, 0.1) is 17.8 Å². The third-order valence-corrected chi connectivity index (χ3v) is 7.53. The van der Waals surface area contributed by atoms with Gasteiger partial charge in [0.25, 0.3) is 0 Å². The SMILES string of the molecule is O=C(O)[C@H]1CN(C(=O)CS(=O)(=O)C2CCCC2)C[C@@H]1C1CC1. The second kappa shape index (κ2) is 5.83. The summed E-state index contributed by atoms with van der Waals surface area (Å²) in [5.74, 6) is -1.89. The predicted octanol–water partition coefficient (Wildman–Crippen LogP) is 0.913. The average Bonchev–Trinajstić information content (AvgIpc) is 2.98. The molecule has 2 saturated carbocycles. The highest BCUT2D eigenvalue weighted by molar-refractivity contribution is 7.92. The van der Waals surface area contributed by atoms with Crippen molar-refractivity contribution in [2.45, 2.75) is 43.8 Å². The molecule has 3 fully saturated rings. The van der Waals surface area contributed by atoms with E-state index in [1.807, 2.05) is 0 Å². The van der Waals surface area contributed by atoms with Gasteiger partial charge in [0.05, 0.1) is 11.2 Å². The molecule has 0 aromatic carbocycles. The number of carbonyl (C=O) groups excluding carboxylic acids is 1. The number of amides is 1. The van der Waals surface area contributed by atoms with Crippen molar-refractivity contribution in [1.29, 1.82) is 0 Å². The molecule has 7 heteroatoms. The Bertz CT molecular complexity index is 562. The second-order valence-corrected chi connectivity index (χ2v) is 9.24. The van der Waals surface area contributed by atoms with E-state index in [2.05, 4.69) is 0 Å². The summed E-state index contributed by atoms with van der Waals surface area (Å²) in [7, 11) is -3.40. The van der Waals surface area contributed by atoms with Crippen molar-refractivity contribution < 1.29 is 23.1 Å². The Hall–Kier alpha value is -1.11. The number of carboxylic acid groups (broad SMARTS) is 1. The predicted molar refractivity (Wildman–Crippen MR) is 80.0 cm³/mol. The molecule has 0 aromatic rings. The van der Waals surface area contributed by atoms with Crippen molar-refractivity contribution >= 4 is 21.7 Å². The van der Waals surface area contributed by atoms with Crippen molar-refractivity contribution in [3.63, 3.8) is 0 Å². The van der Waals surface area contributed by atoms with Crippen molar-refractivity contribution in [2.24, 2.45) is 17.8 Å². The molecule has 0 aromatic heterocycles. The topological polar surface area (TPSA) is 91.8 Å². The zero-order valence-corrected chi connectivity index (χ0v) is 13.4. The van der Waals surface area contributed by atoms with E-state index >= 15 is 0 Å². The van der Waals surface area contributed by atoms with Crippen LogP contribution in [0.5, 0.6) is 0 Å². The molecule has 0 unspecified atom stereocenters. The fourth-order valence-corrected chi connectivity index (χ4v) is 5.74. The van der Waals surface area contributed by atoms with Gasteiger partial charge in [-0.2, -0.15) is 0 Å². The Morgan fingerprint density at radius 3 is 2.23 bits per heavy atom. The van der Waals surface area contributed by atoms with Gasteiger partial charge in [0, 0.05) is 13.1 Å². The molecule has 2 aliphatic carbocycles. The van der Waals surface area contributed by atoms with E-state index in [9.17, 15) is 23.1 Å². The molecule has 1 amide bonds. The molecule has 0 spiro atoms. The van der Waals surface area contributed by atoms with Crippen LogP contribution in [0.2, 0.25) is 0 Å². The maximum Gasteiger partial charge on any atom is 0.308 e. The summed E-state index contributed by atoms with van der Waals surface area (Å²) >= 11 is 0. The molecule has 3 rings (SSSR count). The normalized spacial score (nSPS) is 29.9. The van der Waals surface area contributed by atoms with Gasteiger partial charge in [-0.15, -0.1) is 0 Å². The summed E-state index contributed by atoms with van der Waals surface area (Å²) in [6, 6.07) is 0. The highest BCUT2D eigenvalue weighted by Gasteiger charge is 2.47. The number of hydrogen-bond acceptors (Lipinski definition) is 4. The number of sulfone groups is 1. The van der Waals surface area contributed by atoms with Crippen molar-refractivity contribution in [3.8, 4) is 0 Å². The van der Waals surface area contributed by atoms with Crippen molar-refractivity contribution in [1.82, 2.24) is 4.90 Å². The Kier molecular flexibility index (Phi) is 4.18. The number of carboxylic acids is 1. The van der Waals surface area contributed by atoms with Crippen LogP contribution in [0.4, 0.5) is 0 Å². The van der Waals surface area contributed by atoms with Crippen LogP contribution in [0.15, 0.2) is 0 Å². The summed E-state index contributed by atoms with van der Waals surface area (Å²) in [6.07, 6.45) is 5.17. The van der Waals surface area contributed by atoms with Crippen LogP contribution < -0.4 is 0 Å². The molecule has 124 valence electrons. The van der Waals surface area contributed by atoms with E-state index in [-0.39, 0.29) is 17.7 Å². The third-order valence-electron chi connectivity index (χ3n) is 5.40. The molecule has 1 aliphatic heterocycles. The minimum absolute atomic E-state index is 0.00404. The molecule has 0 bridgehead atoms. The summed E-state index contributed by atoms with van der Waals surface area (Å²) in [6.45, 7) is 0.566. The van der Waals surface area contributed by atoms with Gasteiger partial charge in [0.1, 0.15) is 5.75 Å². The van der Waals surface area contributed by atoms with Gasteiger partial charge in [0.2, 0.25) is 5.91 Å². The molecule has 6 nitrogen and oxygen atoms in total. The van der Waals surface area contributed by atoms with Crippen LogP contribution in [0.3, 0.4) is 0 Å². The smallest absolute Gasteiger partial charge is 0.308 e. The Morgan fingerprint density at radius 1 is 1.05 bits per heavy atom. The lowest BCUT2D eigenvalue weighted by atomic mass is 9.92. The fraction of sp³-hybridized carbons (Fsp3) is 0.867. The molecule has 22 heavy (non-hydrogen) atoms. The van der Waals surface area contributed by atoms with Gasteiger partial charge in [-0.3, -0.25) is 9.59 Å². The van der Waals surface area contributed by atoms with Crippen LogP contribution in [0.1, 0.15) is 38.5 Å². The summed E-state index contributed by atoms with van der Waals surface area (Å²) < 4.78 is 24.6. The first-order valence-corrected chi connectivity index (χ1v) is 9.82. The Labute approximate surface area is 130 Å². The van der Waals surface area contributed by atoms with Gasteiger partial charge in [0.15, 0.2) is 9.84 Å².